The summed E-state index contributed by atoms with van der Waals surface area (Å²) >= 11 is 5.80. The fourth-order valence-electron chi connectivity index (χ4n) is 3.11. The first-order chi connectivity index (χ1) is 14.2. The van der Waals surface area contributed by atoms with Crippen molar-refractivity contribution in [1.82, 2.24) is 20.0 Å². The highest BCUT2D eigenvalue weighted by molar-refractivity contribution is 6.30. The number of alkyl halides is 3. The molecule has 1 atom stereocenters. The monoisotopic (exact) mass is 445 g/mol. The van der Waals surface area contributed by atoms with E-state index in [4.69, 9.17) is 11.6 Å². The summed E-state index contributed by atoms with van der Waals surface area (Å²) in [5, 5.41) is 9.17. The molecule has 0 spiro atoms. The maximum Gasteiger partial charge on any atom is 0.435 e. The van der Waals surface area contributed by atoms with E-state index in [0.29, 0.717) is 5.02 Å². The lowest BCUT2D eigenvalue weighted by atomic mass is 10.2. The van der Waals surface area contributed by atoms with Gasteiger partial charge >= 0.3 is 12.2 Å². The van der Waals surface area contributed by atoms with Crippen LogP contribution in [-0.2, 0) is 6.18 Å². The molecule has 2 rings (SSSR count). The smallest absolute Gasteiger partial charge is 0.335 e. The summed E-state index contributed by atoms with van der Waals surface area (Å²) < 4.78 is 41.7. The van der Waals surface area contributed by atoms with Crippen molar-refractivity contribution in [2.45, 2.75) is 45.8 Å². The van der Waals surface area contributed by atoms with Gasteiger partial charge < -0.3 is 15.5 Å². The van der Waals surface area contributed by atoms with Gasteiger partial charge in [-0.15, -0.1) is 0 Å². The third-order valence-electron chi connectivity index (χ3n) is 4.74. The van der Waals surface area contributed by atoms with Gasteiger partial charge in [0.05, 0.1) is 17.6 Å². The van der Waals surface area contributed by atoms with Crippen LogP contribution in [0.2, 0.25) is 5.02 Å². The minimum atomic E-state index is -4.71. The van der Waals surface area contributed by atoms with E-state index in [1.54, 1.807) is 0 Å². The maximum atomic E-state index is 13.7. The first-order valence-electron chi connectivity index (χ1n) is 9.86. The van der Waals surface area contributed by atoms with E-state index in [2.05, 4.69) is 34.5 Å². The van der Waals surface area contributed by atoms with Gasteiger partial charge in [0.1, 0.15) is 0 Å². The highest BCUT2D eigenvalue weighted by Gasteiger charge is 2.39. The number of rotatable bonds is 9. The summed E-state index contributed by atoms with van der Waals surface area (Å²) in [7, 11) is 0. The molecule has 0 saturated heterocycles. The first-order valence-corrected chi connectivity index (χ1v) is 10.2. The zero-order valence-corrected chi connectivity index (χ0v) is 18.0. The van der Waals surface area contributed by atoms with Crippen molar-refractivity contribution in [2.75, 3.05) is 25.0 Å². The van der Waals surface area contributed by atoms with Crippen LogP contribution in [0.3, 0.4) is 0 Å². The third-order valence-corrected chi connectivity index (χ3v) is 4.99. The lowest BCUT2D eigenvalue weighted by Crippen LogP contribution is -2.37. The van der Waals surface area contributed by atoms with Gasteiger partial charge in [0.25, 0.3) is 0 Å². The summed E-state index contributed by atoms with van der Waals surface area (Å²) in [4.78, 5) is 14.5. The van der Waals surface area contributed by atoms with Crippen molar-refractivity contribution in [2.24, 2.45) is 0 Å². The average molecular weight is 446 g/mol. The molecule has 2 aromatic rings. The Bertz CT molecular complexity index is 819. The fraction of sp³-hybridized carbons (Fsp3) is 0.500. The van der Waals surface area contributed by atoms with E-state index in [9.17, 15) is 18.0 Å². The Hall–Kier alpha value is -2.26. The Balaban J connectivity index is 2.05. The van der Waals surface area contributed by atoms with E-state index in [1.165, 1.54) is 24.3 Å². The SMILES string of the molecule is CCN(CC)CCCC(C)NC(=O)Nc1cnn(-c2ccc(Cl)cc2)c1C(F)(F)F. The predicted molar refractivity (Wildman–Crippen MR) is 112 cm³/mol. The summed E-state index contributed by atoms with van der Waals surface area (Å²) in [5.41, 5.74) is -1.29. The second kappa shape index (κ2) is 10.7. The molecule has 0 radical (unpaired) electrons. The molecule has 166 valence electrons. The second-order valence-electron chi connectivity index (χ2n) is 6.96. The Labute approximate surface area is 179 Å². The highest BCUT2D eigenvalue weighted by Crippen LogP contribution is 2.36. The lowest BCUT2D eigenvalue weighted by molar-refractivity contribution is -0.142. The number of amides is 2. The molecule has 0 fully saturated rings. The van der Waals surface area contributed by atoms with Crippen molar-refractivity contribution < 1.29 is 18.0 Å². The van der Waals surface area contributed by atoms with Gasteiger partial charge in [0, 0.05) is 11.1 Å². The van der Waals surface area contributed by atoms with E-state index < -0.39 is 23.6 Å². The molecule has 1 aromatic carbocycles. The van der Waals surface area contributed by atoms with E-state index in [0.717, 1.165) is 43.4 Å². The molecule has 2 N–H and O–H groups in total. The highest BCUT2D eigenvalue weighted by atomic mass is 35.5. The number of benzene rings is 1. The Kier molecular flexibility index (Phi) is 8.54. The molecule has 0 bridgehead atoms. The topological polar surface area (TPSA) is 62.2 Å². The number of hydrogen-bond acceptors (Lipinski definition) is 3. The fourth-order valence-corrected chi connectivity index (χ4v) is 3.23. The first kappa shape index (κ1) is 24.0. The maximum absolute atomic E-state index is 13.7. The zero-order valence-electron chi connectivity index (χ0n) is 17.3. The molecule has 10 heteroatoms. The van der Waals surface area contributed by atoms with Crippen LogP contribution in [-0.4, -0.2) is 46.4 Å². The van der Waals surface area contributed by atoms with Crippen molar-refractivity contribution in [3.8, 4) is 5.69 Å². The summed E-state index contributed by atoms with van der Waals surface area (Å²) in [5.74, 6) is 0. The number of halogens is 4. The zero-order chi connectivity index (χ0) is 22.3. The van der Waals surface area contributed by atoms with Crippen LogP contribution in [0.5, 0.6) is 0 Å². The van der Waals surface area contributed by atoms with Crippen LogP contribution >= 0.6 is 11.6 Å². The molecule has 2 amide bonds. The van der Waals surface area contributed by atoms with Gasteiger partial charge in [-0.05, 0) is 63.7 Å². The number of carbonyl (C=O) groups excluding carboxylic acids is 1. The molecule has 1 unspecified atom stereocenters. The van der Waals surface area contributed by atoms with Crippen LogP contribution in [0.4, 0.5) is 23.7 Å². The quantitative estimate of drug-likeness (QED) is 0.559. The summed E-state index contributed by atoms with van der Waals surface area (Å²) in [6.07, 6.45) is -2.12. The molecule has 0 aliphatic heterocycles. The minimum absolute atomic E-state index is 0.179. The number of urea groups is 1. The standard InChI is InChI=1S/C20H27ClF3N5O/c1-4-28(5-2)12-6-7-14(3)26-19(30)27-17-13-25-29(18(17)20(22,23)24)16-10-8-15(21)9-11-16/h8-11,13-14H,4-7,12H2,1-3H3,(H2,26,27,30). The van der Waals surface area contributed by atoms with Gasteiger partial charge in [0.2, 0.25) is 0 Å². The normalized spacial score (nSPS) is 12.8. The lowest BCUT2D eigenvalue weighted by Gasteiger charge is -2.20. The van der Waals surface area contributed by atoms with Crippen molar-refractivity contribution >= 4 is 23.3 Å². The molecule has 0 saturated carbocycles. The van der Waals surface area contributed by atoms with Crippen LogP contribution in [0.25, 0.3) is 5.69 Å². The number of carbonyl (C=O) groups is 1. The Morgan fingerprint density at radius 3 is 2.43 bits per heavy atom. The largest absolute Gasteiger partial charge is 0.435 e. The second-order valence-corrected chi connectivity index (χ2v) is 7.40. The van der Waals surface area contributed by atoms with Crippen LogP contribution in [0.1, 0.15) is 39.3 Å². The molecule has 0 aliphatic rings. The van der Waals surface area contributed by atoms with Gasteiger partial charge in [0.15, 0.2) is 5.69 Å². The number of nitrogens with one attached hydrogen (secondary N) is 2. The van der Waals surface area contributed by atoms with E-state index >= 15 is 0 Å². The van der Waals surface area contributed by atoms with E-state index in [-0.39, 0.29) is 11.7 Å². The minimum Gasteiger partial charge on any atom is -0.335 e. The number of aromatic nitrogens is 2. The molecular weight excluding hydrogens is 419 g/mol. The number of hydrogen-bond donors (Lipinski definition) is 2. The Morgan fingerprint density at radius 1 is 1.23 bits per heavy atom. The van der Waals surface area contributed by atoms with E-state index in [1.807, 2.05) is 6.92 Å². The molecular formula is C20H27ClF3N5O. The average Bonchev–Trinajstić information content (AvgIpc) is 3.09. The third kappa shape index (κ3) is 6.63. The van der Waals surface area contributed by atoms with Gasteiger partial charge in [-0.3, -0.25) is 0 Å². The summed E-state index contributed by atoms with van der Waals surface area (Å²) in [6, 6.07) is 4.91. The van der Waals surface area contributed by atoms with Crippen molar-refractivity contribution in [1.29, 1.82) is 0 Å². The van der Waals surface area contributed by atoms with Crippen LogP contribution in [0, 0.1) is 0 Å². The number of nitrogens with zero attached hydrogens (tertiary/aromatic N) is 3. The molecule has 6 nitrogen and oxygen atoms in total. The van der Waals surface area contributed by atoms with Gasteiger partial charge in [-0.2, -0.15) is 18.3 Å². The summed E-state index contributed by atoms with van der Waals surface area (Å²) in [6.45, 7) is 8.81. The van der Waals surface area contributed by atoms with Crippen LogP contribution < -0.4 is 10.6 Å². The Morgan fingerprint density at radius 2 is 1.87 bits per heavy atom. The van der Waals surface area contributed by atoms with Gasteiger partial charge in [-0.25, -0.2) is 9.48 Å². The van der Waals surface area contributed by atoms with Crippen LogP contribution in [0.15, 0.2) is 30.5 Å². The molecule has 1 heterocycles. The molecule has 1 aromatic heterocycles. The predicted octanol–water partition coefficient (Wildman–Crippen LogP) is 5.18. The molecule has 30 heavy (non-hydrogen) atoms. The van der Waals surface area contributed by atoms with Crippen molar-refractivity contribution in [3.05, 3.63) is 41.2 Å². The van der Waals surface area contributed by atoms with Crippen molar-refractivity contribution in [3.63, 3.8) is 0 Å². The van der Waals surface area contributed by atoms with Gasteiger partial charge in [-0.1, -0.05) is 25.4 Å². The number of anilines is 1. The molecule has 0 aliphatic carbocycles.